The van der Waals surface area contributed by atoms with E-state index >= 15 is 0 Å². The summed E-state index contributed by atoms with van der Waals surface area (Å²) in [6.07, 6.45) is 0.875. The molecular weight excluding hydrogens is 498 g/mol. The number of hydrogen-bond acceptors (Lipinski definition) is 6. The molecule has 0 bridgehead atoms. The molecule has 5 rings (SSSR count). The summed E-state index contributed by atoms with van der Waals surface area (Å²) >= 11 is 9.61. The second kappa shape index (κ2) is 10.3. The highest BCUT2D eigenvalue weighted by Crippen LogP contribution is 2.35. The van der Waals surface area contributed by atoms with Gasteiger partial charge in [0.1, 0.15) is 10.6 Å². The molecule has 4 aromatic rings. The maximum absolute atomic E-state index is 14.0. The van der Waals surface area contributed by atoms with E-state index in [1.807, 2.05) is 55.5 Å². The highest BCUT2D eigenvalue weighted by atomic mass is 35.5. The number of hydrogen-bond donors (Lipinski definition) is 0. The molecule has 182 valence electrons. The summed E-state index contributed by atoms with van der Waals surface area (Å²) in [7, 11) is 0. The maximum Gasteiger partial charge on any atom is 0.267 e. The number of ether oxygens (including phenoxy) is 1. The fourth-order valence-corrected chi connectivity index (χ4v) is 7.01. The molecule has 1 aliphatic rings. The van der Waals surface area contributed by atoms with Crippen LogP contribution in [0.5, 0.6) is 5.75 Å². The van der Waals surface area contributed by atoms with E-state index in [9.17, 15) is 4.79 Å². The molecule has 0 N–H and O–H groups in total. The van der Waals surface area contributed by atoms with Gasteiger partial charge in [-0.3, -0.25) is 14.3 Å². The van der Waals surface area contributed by atoms with Gasteiger partial charge in [0, 0.05) is 34.8 Å². The Labute approximate surface area is 218 Å². The van der Waals surface area contributed by atoms with E-state index in [-0.39, 0.29) is 5.56 Å². The fraction of sp³-hybridized carbons (Fsp3) is 0.333. The molecule has 8 heteroatoms. The summed E-state index contributed by atoms with van der Waals surface area (Å²) in [5.41, 5.74) is 2.97. The van der Waals surface area contributed by atoms with E-state index in [0.29, 0.717) is 23.6 Å². The predicted molar refractivity (Wildman–Crippen MR) is 147 cm³/mol. The van der Waals surface area contributed by atoms with Gasteiger partial charge < -0.3 is 4.74 Å². The average molecular weight is 526 g/mol. The number of rotatable bonds is 7. The standard InChI is InChI=1S/C27H28ClN3O2S2/c1-4-33-20-11-9-19(10-12-20)31-26(32)24-21-13-14-30(17(2)3)15-23(21)35-25(24)29-27(31)34-16-18-7-5-6-8-22(18)28/h5-12,17H,4,13-16H2,1-3H3. The third kappa shape index (κ3) is 4.87. The second-order valence-corrected chi connectivity index (χ2v) is 11.3. The van der Waals surface area contributed by atoms with Crippen molar-refractivity contribution in [3.8, 4) is 11.4 Å². The number of benzene rings is 2. The van der Waals surface area contributed by atoms with Gasteiger partial charge in [-0.25, -0.2) is 4.98 Å². The van der Waals surface area contributed by atoms with Crippen LogP contribution in [-0.2, 0) is 18.7 Å². The van der Waals surface area contributed by atoms with E-state index in [4.69, 9.17) is 21.3 Å². The molecule has 0 amide bonds. The largest absolute Gasteiger partial charge is 0.494 e. The molecule has 0 atom stereocenters. The van der Waals surface area contributed by atoms with E-state index in [1.54, 1.807) is 15.9 Å². The van der Waals surface area contributed by atoms with Crippen LogP contribution in [0, 0.1) is 0 Å². The molecule has 2 aromatic carbocycles. The lowest BCUT2D eigenvalue weighted by molar-refractivity contribution is 0.206. The number of nitrogens with zero attached hydrogens (tertiary/aromatic N) is 3. The number of aromatic nitrogens is 2. The van der Waals surface area contributed by atoms with Gasteiger partial charge in [0.2, 0.25) is 0 Å². The molecule has 35 heavy (non-hydrogen) atoms. The Morgan fingerprint density at radius 3 is 2.66 bits per heavy atom. The molecule has 0 unspecified atom stereocenters. The lowest BCUT2D eigenvalue weighted by Gasteiger charge is -2.30. The first-order valence-electron chi connectivity index (χ1n) is 11.9. The van der Waals surface area contributed by atoms with Crippen LogP contribution in [-0.4, -0.2) is 33.6 Å². The highest BCUT2D eigenvalue weighted by molar-refractivity contribution is 7.98. The number of thioether (sulfide) groups is 1. The van der Waals surface area contributed by atoms with Crippen molar-refractivity contribution < 1.29 is 4.74 Å². The Kier molecular flexibility index (Phi) is 7.21. The number of thiophene rings is 1. The average Bonchev–Trinajstić information content (AvgIpc) is 3.22. The molecular formula is C27H28ClN3O2S2. The van der Waals surface area contributed by atoms with Gasteiger partial charge in [0.05, 0.1) is 17.7 Å². The zero-order valence-corrected chi connectivity index (χ0v) is 22.5. The second-order valence-electron chi connectivity index (χ2n) is 8.84. The smallest absolute Gasteiger partial charge is 0.267 e. The molecule has 3 heterocycles. The minimum absolute atomic E-state index is 0.00341. The van der Waals surface area contributed by atoms with Gasteiger partial charge in [-0.1, -0.05) is 41.6 Å². The van der Waals surface area contributed by atoms with Gasteiger partial charge in [-0.05, 0) is 68.7 Å². The molecule has 1 aliphatic heterocycles. The first kappa shape index (κ1) is 24.4. The van der Waals surface area contributed by atoms with Crippen molar-refractivity contribution in [3.63, 3.8) is 0 Å². The van der Waals surface area contributed by atoms with Crippen molar-refractivity contribution in [3.05, 3.63) is 79.9 Å². The third-order valence-corrected chi connectivity index (χ3v) is 8.79. The minimum atomic E-state index is -0.00341. The van der Waals surface area contributed by atoms with Crippen molar-refractivity contribution in [1.82, 2.24) is 14.5 Å². The van der Waals surface area contributed by atoms with Gasteiger partial charge in [-0.15, -0.1) is 11.3 Å². The molecule has 0 aliphatic carbocycles. The Bertz CT molecular complexity index is 1410. The van der Waals surface area contributed by atoms with Gasteiger partial charge in [0.25, 0.3) is 5.56 Å². The third-order valence-electron chi connectivity index (χ3n) is 6.32. The lowest BCUT2D eigenvalue weighted by atomic mass is 10.0. The molecule has 2 aromatic heterocycles. The summed E-state index contributed by atoms with van der Waals surface area (Å²) in [5.74, 6) is 1.41. The van der Waals surface area contributed by atoms with Crippen LogP contribution in [0.3, 0.4) is 0 Å². The van der Waals surface area contributed by atoms with Crippen LogP contribution in [0.4, 0.5) is 0 Å². The monoisotopic (exact) mass is 525 g/mol. The van der Waals surface area contributed by atoms with Crippen LogP contribution < -0.4 is 10.3 Å². The van der Waals surface area contributed by atoms with Crippen LogP contribution in [0.15, 0.2) is 58.5 Å². The van der Waals surface area contributed by atoms with Gasteiger partial charge >= 0.3 is 0 Å². The van der Waals surface area contributed by atoms with Crippen molar-refractivity contribution in [2.45, 2.75) is 50.7 Å². The van der Waals surface area contributed by atoms with E-state index in [2.05, 4.69) is 18.7 Å². The van der Waals surface area contributed by atoms with Gasteiger partial charge in [-0.2, -0.15) is 0 Å². The first-order chi connectivity index (χ1) is 17.0. The van der Waals surface area contributed by atoms with Crippen molar-refractivity contribution >= 4 is 44.9 Å². The minimum Gasteiger partial charge on any atom is -0.494 e. The van der Waals surface area contributed by atoms with Crippen LogP contribution in [0.1, 0.15) is 36.8 Å². The maximum atomic E-state index is 14.0. The van der Waals surface area contributed by atoms with Crippen molar-refractivity contribution in [1.29, 1.82) is 0 Å². The highest BCUT2D eigenvalue weighted by Gasteiger charge is 2.26. The van der Waals surface area contributed by atoms with E-state index < -0.39 is 0 Å². The lowest BCUT2D eigenvalue weighted by Crippen LogP contribution is -2.35. The molecule has 0 radical (unpaired) electrons. The Balaban J connectivity index is 1.62. The predicted octanol–water partition coefficient (Wildman–Crippen LogP) is 6.56. The van der Waals surface area contributed by atoms with E-state index in [0.717, 1.165) is 51.7 Å². The summed E-state index contributed by atoms with van der Waals surface area (Å²) in [6.45, 7) is 8.83. The van der Waals surface area contributed by atoms with Crippen LogP contribution >= 0.6 is 34.7 Å². The summed E-state index contributed by atoms with van der Waals surface area (Å²) in [5, 5.41) is 2.16. The van der Waals surface area contributed by atoms with Crippen LogP contribution in [0.2, 0.25) is 5.02 Å². The normalized spacial score (nSPS) is 14.0. The zero-order valence-electron chi connectivity index (χ0n) is 20.1. The zero-order chi connectivity index (χ0) is 24.5. The Hall–Kier alpha value is -2.32. The number of halogens is 1. The van der Waals surface area contributed by atoms with Crippen molar-refractivity contribution in [2.24, 2.45) is 0 Å². The topological polar surface area (TPSA) is 47.4 Å². The van der Waals surface area contributed by atoms with Crippen LogP contribution in [0.25, 0.3) is 15.9 Å². The van der Waals surface area contributed by atoms with Gasteiger partial charge in [0.15, 0.2) is 5.16 Å². The summed E-state index contributed by atoms with van der Waals surface area (Å²) < 4.78 is 7.36. The molecule has 0 saturated heterocycles. The Morgan fingerprint density at radius 2 is 1.94 bits per heavy atom. The molecule has 5 nitrogen and oxygen atoms in total. The molecule has 0 saturated carbocycles. The van der Waals surface area contributed by atoms with Crippen molar-refractivity contribution in [2.75, 3.05) is 13.2 Å². The number of fused-ring (bicyclic) bond motifs is 3. The van der Waals surface area contributed by atoms with E-state index in [1.165, 1.54) is 22.2 Å². The SMILES string of the molecule is CCOc1ccc(-n2c(SCc3ccccc3Cl)nc3sc4c(c3c2=O)CCN(C(C)C)C4)cc1. The summed E-state index contributed by atoms with van der Waals surface area (Å²) in [6, 6.07) is 15.9. The first-order valence-corrected chi connectivity index (χ1v) is 14.0. The fourth-order valence-electron chi connectivity index (χ4n) is 4.42. The molecule has 0 fully saturated rings. The molecule has 0 spiro atoms. The quantitative estimate of drug-likeness (QED) is 0.202. The Morgan fingerprint density at radius 1 is 1.17 bits per heavy atom. The summed E-state index contributed by atoms with van der Waals surface area (Å²) in [4.78, 5) is 23.6.